The van der Waals surface area contributed by atoms with E-state index in [0.717, 1.165) is 29.5 Å². The van der Waals surface area contributed by atoms with Gasteiger partial charge in [0, 0.05) is 41.3 Å². The Balaban J connectivity index is 1.88. The molecule has 0 unspecified atom stereocenters. The van der Waals surface area contributed by atoms with Crippen molar-refractivity contribution >= 4 is 23.2 Å². The third-order valence-electron chi connectivity index (χ3n) is 7.64. The van der Waals surface area contributed by atoms with Crippen molar-refractivity contribution in [2.45, 2.75) is 103 Å². The first-order valence-electron chi connectivity index (χ1n) is 13.0. The number of hydrogen-bond acceptors (Lipinski definition) is 4. The number of hydrogen-bond donors (Lipinski definition) is 2. The Labute approximate surface area is 228 Å². The number of nitrogens with zero attached hydrogens (tertiary/aromatic N) is 2. The second-order valence-corrected chi connectivity index (χ2v) is 13.5. The van der Waals surface area contributed by atoms with E-state index in [1.54, 1.807) is 12.1 Å². The number of phenols is 2. The highest BCUT2D eigenvalue weighted by Crippen LogP contribution is 2.39. The average molecular weight is 536 g/mol. The van der Waals surface area contributed by atoms with E-state index in [1.807, 2.05) is 0 Å². The van der Waals surface area contributed by atoms with Crippen LogP contribution < -0.4 is 0 Å². The van der Waals surface area contributed by atoms with E-state index >= 15 is 0 Å². The molecule has 0 radical (unpaired) electrons. The van der Waals surface area contributed by atoms with Crippen LogP contribution in [0.5, 0.6) is 11.5 Å². The molecule has 1 aliphatic carbocycles. The van der Waals surface area contributed by atoms with Crippen LogP contribution in [-0.2, 0) is 23.9 Å². The van der Waals surface area contributed by atoms with Crippen molar-refractivity contribution in [2.24, 2.45) is 0 Å². The van der Waals surface area contributed by atoms with Crippen molar-refractivity contribution < 1.29 is 10.2 Å². The molecule has 0 bridgehead atoms. The number of benzene rings is 2. The number of likely N-dealkylation sites (N-methyl/N-ethyl adjacent to an activating group) is 2. The van der Waals surface area contributed by atoms with Gasteiger partial charge in [-0.1, -0.05) is 89.7 Å². The molecule has 0 heterocycles. The van der Waals surface area contributed by atoms with Crippen LogP contribution in [0.4, 0.5) is 0 Å². The second kappa shape index (κ2) is 11.1. The van der Waals surface area contributed by atoms with Crippen LogP contribution in [0.3, 0.4) is 0 Å². The summed E-state index contributed by atoms with van der Waals surface area (Å²) in [5, 5.41) is 22.6. The van der Waals surface area contributed by atoms with Gasteiger partial charge in [0.25, 0.3) is 0 Å². The summed E-state index contributed by atoms with van der Waals surface area (Å²) in [4.78, 5) is 4.72. The molecule has 2 aromatic carbocycles. The molecule has 0 spiro atoms. The average Bonchev–Trinajstić information content (AvgIpc) is 2.76. The summed E-state index contributed by atoms with van der Waals surface area (Å²) in [5.74, 6) is 0.522. The molecule has 3 rings (SSSR count). The predicted octanol–water partition coefficient (Wildman–Crippen LogP) is 7.87. The van der Waals surface area contributed by atoms with Crippen molar-refractivity contribution in [1.29, 1.82) is 0 Å². The molecule has 1 aliphatic rings. The lowest BCUT2D eigenvalue weighted by molar-refractivity contribution is 0.0684. The van der Waals surface area contributed by atoms with Crippen molar-refractivity contribution in [2.75, 3.05) is 14.1 Å². The summed E-state index contributed by atoms with van der Waals surface area (Å²) in [6.45, 7) is 14.4. The van der Waals surface area contributed by atoms with Crippen LogP contribution in [-0.4, -0.2) is 46.2 Å². The standard InChI is InChI=1S/C30H44Cl2N2O2/c1-29(2,3)21-13-19(27(35)23(15-21)30(4,5)6)17-33(7)25-11-9-10-12-26(25)34(8)18-20-14-22(31)16-24(32)28(20)36/h13-16,25-26,35-36H,9-12,17-18H2,1-8H3/t25-,26-/m0/s1. The van der Waals surface area contributed by atoms with Crippen LogP contribution in [0.2, 0.25) is 10.0 Å². The van der Waals surface area contributed by atoms with Crippen molar-refractivity contribution in [1.82, 2.24) is 9.80 Å². The Kier molecular flexibility index (Phi) is 8.98. The summed E-state index contributed by atoms with van der Waals surface area (Å²) in [6.07, 6.45) is 4.55. The summed E-state index contributed by atoms with van der Waals surface area (Å²) in [7, 11) is 4.28. The zero-order valence-electron chi connectivity index (χ0n) is 23.3. The number of aromatic hydroxyl groups is 2. The van der Waals surface area contributed by atoms with Crippen LogP contribution >= 0.6 is 23.2 Å². The van der Waals surface area contributed by atoms with Crippen LogP contribution in [0.25, 0.3) is 0 Å². The first-order chi connectivity index (χ1) is 16.6. The lowest BCUT2D eigenvalue weighted by Crippen LogP contribution is -2.50. The van der Waals surface area contributed by atoms with E-state index in [2.05, 4.69) is 77.6 Å². The van der Waals surface area contributed by atoms with Gasteiger partial charge < -0.3 is 10.2 Å². The Morgan fingerprint density at radius 2 is 1.25 bits per heavy atom. The van der Waals surface area contributed by atoms with Gasteiger partial charge in [-0.3, -0.25) is 9.80 Å². The van der Waals surface area contributed by atoms with Gasteiger partial charge in [-0.05, 0) is 61.0 Å². The molecular weight excluding hydrogens is 491 g/mol. The van der Waals surface area contributed by atoms with E-state index in [-0.39, 0.29) is 21.6 Å². The molecule has 2 atom stereocenters. The molecule has 6 heteroatoms. The molecule has 36 heavy (non-hydrogen) atoms. The van der Waals surface area contributed by atoms with Gasteiger partial charge in [0.15, 0.2) is 0 Å². The maximum atomic E-state index is 11.3. The lowest BCUT2D eigenvalue weighted by atomic mass is 9.78. The molecule has 200 valence electrons. The highest BCUT2D eigenvalue weighted by atomic mass is 35.5. The zero-order chi connectivity index (χ0) is 27.0. The number of halogens is 2. The van der Waals surface area contributed by atoms with E-state index in [0.29, 0.717) is 35.9 Å². The van der Waals surface area contributed by atoms with Crippen molar-refractivity contribution in [3.05, 3.63) is 56.6 Å². The maximum absolute atomic E-state index is 11.3. The van der Waals surface area contributed by atoms with Gasteiger partial charge in [-0.25, -0.2) is 0 Å². The van der Waals surface area contributed by atoms with Gasteiger partial charge in [-0.15, -0.1) is 0 Å². The Bertz CT molecular complexity index is 1070. The lowest BCUT2D eigenvalue weighted by Gasteiger charge is -2.43. The monoisotopic (exact) mass is 534 g/mol. The van der Waals surface area contributed by atoms with Gasteiger partial charge in [0.05, 0.1) is 5.02 Å². The first-order valence-corrected chi connectivity index (χ1v) is 13.8. The largest absolute Gasteiger partial charge is 0.507 e. The molecule has 2 N–H and O–H groups in total. The SMILES string of the molecule is CN(Cc1cc(Cl)cc(Cl)c1O)[C@H]1CCCC[C@@H]1N(C)Cc1cc(C(C)(C)C)cc(C(C)(C)C)c1O. The van der Waals surface area contributed by atoms with Gasteiger partial charge in [0.1, 0.15) is 11.5 Å². The zero-order valence-corrected chi connectivity index (χ0v) is 24.8. The summed E-state index contributed by atoms with van der Waals surface area (Å²) >= 11 is 12.4. The molecule has 0 amide bonds. The quantitative estimate of drug-likeness (QED) is 0.395. The van der Waals surface area contributed by atoms with E-state index in [9.17, 15) is 10.2 Å². The van der Waals surface area contributed by atoms with E-state index < -0.39 is 0 Å². The van der Waals surface area contributed by atoms with Crippen LogP contribution in [0.1, 0.15) is 89.5 Å². The molecule has 1 fully saturated rings. The Morgan fingerprint density at radius 1 is 0.750 bits per heavy atom. The summed E-state index contributed by atoms with van der Waals surface area (Å²) < 4.78 is 0. The highest BCUT2D eigenvalue weighted by molar-refractivity contribution is 6.35. The van der Waals surface area contributed by atoms with Crippen LogP contribution in [0, 0.1) is 0 Å². The van der Waals surface area contributed by atoms with Gasteiger partial charge >= 0.3 is 0 Å². The summed E-state index contributed by atoms with van der Waals surface area (Å²) in [6, 6.07) is 8.38. The molecule has 0 aromatic heterocycles. The molecular formula is C30H44Cl2N2O2. The highest BCUT2D eigenvalue weighted by Gasteiger charge is 2.33. The predicted molar refractivity (Wildman–Crippen MR) is 153 cm³/mol. The Morgan fingerprint density at radius 3 is 1.72 bits per heavy atom. The Hall–Kier alpha value is -1.46. The third-order valence-corrected chi connectivity index (χ3v) is 8.14. The van der Waals surface area contributed by atoms with Gasteiger partial charge in [0.2, 0.25) is 0 Å². The fourth-order valence-electron chi connectivity index (χ4n) is 5.45. The van der Waals surface area contributed by atoms with E-state index in [4.69, 9.17) is 23.2 Å². The van der Waals surface area contributed by atoms with Gasteiger partial charge in [-0.2, -0.15) is 0 Å². The minimum absolute atomic E-state index is 0.00511. The molecule has 4 nitrogen and oxygen atoms in total. The first kappa shape index (κ1) is 29.1. The molecule has 1 saturated carbocycles. The number of rotatable bonds is 6. The van der Waals surface area contributed by atoms with Crippen LogP contribution in [0.15, 0.2) is 24.3 Å². The molecule has 2 aromatic rings. The van der Waals surface area contributed by atoms with Crippen molar-refractivity contribution in [3.8, 4) is 11.5 Å². The van der Waals surface area contributed by atoms with Crippen molar-refractivity contribution in [3.63, 3.8) is 0 Å². The fraction of sp³-hybridized carbons (Fsp3) is 0.600. The topological polar surface area (TPSA) is 46.9 Å². The third kappa shape index (κ3) is 6.69. The second-order valence-electron chi connectivity index (χ2n) is 12.7. The fourth-order valence-corrected chi connectivity index (χ4v) is 5.99. The minimum Gasteiger partial charge on any atom is -0.507 e. The normalized spacial score (nSPS) is 19.3. The maximum Gasteiger partial charge on any atom is 0.138 e. The molecule has 0 aliphatic heterocycles. The smallest absolute Gasteiger partial charge is 0.138 e. The minimum atomic E-state index is -0.146. The van der Waals surface area contributed by atoms with E-state index in [1.165, 1.54) is 18.4 Å². The summed E-state index contributed by atoms with van der Waals surface area (Å²) in [5.41, 5.74) is 3.83. The molecule has 0 saturated heterocycles. The number of phenolic OH excluding ortho intramolecular Hbond substituents is 2.